The maximum atomic E-state index is 13.5. The molecular weight excluding hydrogens is 669 g/mol. The summed E-state index contributed by atoms with van der Waals surface area (Å²) >= 11 is 0. The molecule has 0 unspecified atom stereocenters. The van der Waals surface area contributed by atoms with Crippen molar-refractivity contribution in [2.45, 2.75) is 35.2 Å². The molecule has 2 aromatic heterocycles. The monoisotopic (exact) mass is 708 g/mol. The molecule has 0 saturated carbocycles. The van der Waals surface area contributed by atoms with Crippen LogP contribution in [0.5, 0.6) is 0 Å². The number of nitrogens with zero attached hydrogens (tertiary/aromatic N) is 4. The average molecular weight is 709 g/mol. The van der Waals surface area contributed by atoms with Crippen molar-refractivity contribution in [3.8, 4) is 0 Å². The molecule has 4 rings (SSSR count). The number of imidazole rings is 2. The molecule has 250 valence electrons. The van der Waals surface area contributed by atoms with Gasteiger partial charge in [-0.3, -0.25) is 0 Å². The zero-order chi connectivity index (χ0) is 33.2. The largest absolute Gasteiger partial charge is 0.500 e. The molecule has 2 aromatic carbocycles. The molecule has 2 N–H and O–H groups in total. The van der Waals surface area contributed by atoms with Crippen LogP contribution in [0, 0.1) is 0 Å². The van der Waals surface area contributed by atoms with Gasteiger partial charge >= 0.3 is 29.7 Å². The fraction of sp³-hybridized carbons (Fsp3) is 0.429. The minimum Gasteiger partial charge on any atom is -0.377 e. The zero-order valence-electron chi connectivity index (χ0n) is 26.7. The Balaban J connectivity index is 1.50. The first-order valence-corrected chi connectivity index (χ1v) is 20.5. The molecule has 2 heterocycles. The number of carbonyl (C=O) groups excluding carboxylic acids is 2. The number of aromatic nitrogens is 4. The lowest BCUT2D eigenvalue weighted by molar-refractivity contribution is 0.122. The lowest BCUT2D eigenvalue weighted by Crippen LogP contribution is -2.43. The molecule has 0 radical (unpaired) electrons. The van der Waals surface area contributed by atoms with E-state index in [-0.39, 0.29) is 12.1 Å². The normalized spacial score (nSPS) is 12.2. The average Bonchev–Trinajstić information content (AvgIpc) is 3.66. The summed E-state index contributed by atoms with van der Waals surface area (Å²) in [6, 6.07) is 15.3. The smallest absolute Gasteiger partial charge is 0.377 e. The van der Waals surface area contributed by atoms with Gasteiger partial charge in [-0.05, 0) is 58.7 Å². The van der Waals surface area contributed by atoms with E-state index in [2.05, 4.69) is 10.6 Å². The molecule has 0 aliphatic heterocycles. The number of para-hydroxylation sites is 4. The molecule has 0 bridgehead atoms. The minimum atomic E-state index is -2.75. The Morgan fingerprint density at radius 3 is 1.33 bits per heavy atom. The lowest BCUT2D eigenvalue weighted by atomic mass is 10.3. The van der Waals surface area contributed by atoms with Crippen molar-refractivity contribution in [1.82, 2.24) is 29.7 Å². The molecule has 14 nitrogen and oxygen atoms in total. The van der Waals surface area contributed by atoms with Crippen LogP contribution >= 0.6 is 21.6 Å². The Labute approximate surface area is 277 Å². The van der Waals surface area contributed by atoms with Gasteiger partial charge in [0.2, 0.25) is 0 Å². The maximum Gasteiger partial charge on any atom is 0.500 e. The Hall–Kier alpha value is -2.79. The molecule has 0 aliphatic rings. The second-order valence-electron chi connectivity index (χ2n) is 9.87. The summed E-state index contributed by atoms with van der Waals surface area (Å²) in [6.45, 7) is 0.762. The van der Waals surface area contributed by atoms with E-state index in [0.717, 1.165) is 0 Å². The summed E-state index contributed by atoms with van der Waals surface area (Å²) in [5.41, 5.74) is 2.65. The Bertz CT molecular complexity index is 1480. The van der Waals surface area contributed by atoms with Crippen molar-refractivity contribution in [3.05, 3.63) is 48.5 Å². The SMILES string of the molecule is CO[Si](CCCNC(=O)n1c(SSc2nc3ccccc3n2C(=O)NCCC[Si](OC)(OC)OC)nc2ccccc21)(OC)OC. The highest BCUT2D eigenvalue weighted by atomic mass is 33.1. The van der Waals surface area contributed by atoms with Crippen LogP contribution in [0.3, 0.4) is 0 Å². The molecule has 0 saturated heterocycles. The molecule has 2 amide bonds. The van der Waals surface area contributed by atoms with Gasteiger partial charge in [0, 0.05) is 67.8 Å². The molecule has 0 atom stereocenters. The molecule has 0 spiro atoms. The second-order valence-corrected chi connectivity index (χ2v) is 18.1. The van der Waals surface area contributed by atoms with E-state index < -0.39 is 17.6 Å². The van der Waals surface area contributed by atoms with Gasteiger partial charge in [0.15, 0.2) is 10.3 Å². The lowest BCUT2D eigenvalue weighted by Gasteiger charge is -2.24. The van der Waals surface area contributed by atoms with Gasteiger partial charge in [-0.2, -0.15) is 0 Å². The molecule has 0 aliphatic carbocycles. The predicted octanol–water partition coefficient (Wildman–Crippen LogP) is 4.84. The van der Waals surface area contributed by atoms with Crippen LogP contribution < -0.4 is 10.6 Å². The number of benzene rings is 2. The van der Waals surface area contributed by atoms with E-state index >= 15 is 0 Å². The number of hydrogen-bond acceptors (Lipinski definition) is 12. The van der Waals surface area contributed by atoms with Crippen LogP contribution in [0.1, 0.15) is 12.8 Å². The summed E-state index contributed by atoms with van der Waals surface area (Å²) < 4.78 is 35.9. The summed E-state index contributed by atoms with van der Waals surface area (Å²) in [5, 5.41) is 6.83. The minimum absolute atomic E-state index is 0.328. The van der Waals surface area contributed by atoms with Crippen molar-refractivity contribution < 1.29 is 36.1 Å². The zero-order valence-corrected chi connectivity index (χ0v) is 30.4. The van der Waals surface area contributed by atoms with Crippen LogP contribution in [0.25, 0.3) is 22.1 Å². The molecule has 0 fully saturated rings. The molecule has 4 aromatic rings. The number of hydrogen-bond donors (Lipinski definition) is 2. The van der Waals surface area contributed by atoms with Gasteiger partial charge in [0.1, 0.15) is 0 Å². The highest BCUT2D eigenvalue weighted by Crippen LogP contribution is 2.39. The highest BCUT2D eigenvalue weighted by Gasteiger charge is 2.37. The predicted molar refractivity (Wildman–Crippen MR) is 181 cm³/mol. The first-order valence-electron chi connectivity index (χ1n) is 14.5. The maximum absolute atomic E-state index is 13.5. The first-order chi connectivity index (χ1) is 22.3. The van der Waals surface area contributed by atoms with Crippen molar-refractivity contribution in [1.29, 1.82) is 0 Å². The van der Waals surface area contributed by atoms with Crippen molar-refractivity contribution in [2.75, 3.05) is 55.7 Å². The van der Waals surface area contributed by atoms with Crippen LogP contribution in [0.2, 0.25) is 12.1 Å². The number of amides is 2. The van der Waals surface area contributed by atoms with Crippen molar-refractivity contribution in [2.24, 2.45) is 0 Å². The van der Waals surface area contributed by atoms with Gasteiger partial charge in [-0.1, -0.05) is 24.3 Å². The van der Waals surface area contributed by atoms with Crippen LogP contribution in [0.15, 0.2) is 58.8 Å². The standard InChI is InChI=1S/C28H40N6O8S2Si2/c1-37-45(38-2,39-3)19-11-17-29-25(35)33-23-15-9-7-13-21(23)31-27(33)43-44-28-32-22-14-8-10-16-24(22)34(28)26(36)30-18-12-20-46(40-4,41-5)42-6/h7-10,13-16H,11-12,17-20H2,1-6H3,(H,29,35)(H,30,36). The van der Waals surface area contributed by atoms with Crippen molar-refractivity contribution in [3.63, 3.8) is 0 Å². The third-order valence-corrected chi connectivity index (χ3v) is 15.1. The van der Waals surface area contributed by atoms with E-state index in [0.29, 0.717) is 70.4 Å². The van der Waals surface area contributed by atoms with E-state index in [4.69, 9.17) is 36.5 Å². The Kier molecular flexibility index (Phi) is 13.2. The Morgan fingerprint density at radius 1 is 0.630 bits per heavy atom. The topological polar surface area (TPSA) is 149 Å². The fourth-order valence-electron chi connectivity index (χ4n) is 4.86. The van der Waals surface area contributed by atoms with E-state index in [1.54, 1.807) is 42.7 Å². The van der Waals surface area contributed by atoms with Gasteiger partial charge in [-0.15, -0.1) is 0 Å². The third kappa shape index (κ3) is 8.19. The summed E-state index contributed by atoms with van der Waals surface area (Å²) in [6.07, 6.45) is 1.20. The van der Waals surface area contributed by atoms with E-state index in [9.17, 15) is 9.59 Å². The summed E-state index contributed by atoms with van der Waals surface area (Å²) in [5.74, 6) is 0. The number of carbonyl (C=O) groups is 2. The van der Waals surface area contributed by atoms with Gasteiger partial charge in [0.25, 0.3) is 0 Å². The fourth-order valence-corrected chi connectivity index (χ4v) is 10.4. The van der Waals surface area contributed by atoms with Crippen LogP contribution in [-0.2, 0) is 26.6 Å². The number of fused-ring (bicyclic) bond motifs is 2. The quantitative estimate of drug-likeness (QED) is 0.0879. The first kappa shape index (κ1) is 36.1. The Morgan fingerprint density at radius 2 is 0.978 bits per heavy atom. The van der Waals surface area contributed by atoms with Gasteiger partial charge < -0.3 is 37.2 Å². The molecule has 18 heteroatoms. The number of nitrogens with one attached hydrogen (secondary N) is 2. The second kappa shape index (κ2) is 16.9. The highest BCUT2D eigenvalue weighted by molar-refractivity contribution is 8.76. The van der Waals surface area contributed by atoms with Gasteiger partial charge in [-0.25, -0.2) is 28.7 Å². The van der Waals surface area contributed by atoms with E-state index in [1.165, 1.54) is 30.7 Å². The number of rotatable bonds is 17. The van der Waals surface area contributed by atoms with E-state index in [1.807, 2.05) is 48.5 Å². The van der Waals surface area contributed by atoms with Gasteiger partial charge in [0.05, 0.1) is 22.1 Å². The van der Waals surface area contributed by atoms with Crippen LogP contribution in [0.4, 0.5) is 9.59 Å². The van der Waals surface area contributed by atoms with Crippen molar-refractivity contribution >= 4 is 73.3 Å². The summed E-state index contributed by atoms with van der Waals surface area (Å²) in [7, 11) is 6.36. The molecule has 46 heavy (non-hydrogen) atoms. The summed E-state index contributed by atoms with van der Waals surface area (Å²) in [4.78, 5) is 36.4. The third-order valence-electron chi connectivity index (χ3n) is 7.39. The van der Waals surface area contributed by atoms with Crippen LogP contribution in [-0.4, -0.2) is 105 Å². The molecular formula is C28H40N6O8S2Si2.